The zero-order chi connectivity index (χ0) is 24.9. The van der Waals surface area contributed by atoms with Gasteiger partial charge in [0.25, 0.3) is 0 Å². The van der Waals surface area contributed by atoms with Gasteiger partial charge < -0.3 is 34.3 Å². The van der Waals surface area contributed by atoms with Crippen LogP contribution in [0.2, 0.25) is 0 Å². The second-order valence-electron chi connectivity index (χ2n) is 10.2. The van der Waals surface area contributed by atoms with Gasteiger partial charge >= 0.3 is 0 Å². The first kappa shape index (κ1) is 25.5. The molecule has 36 heavy (non-hydrogen) atoms. The molecule has 0 aromatic heterocycles. The minimum absolute atomic E-state index is 0.0753. The van der Waals surface area contributed by atoms with Gasteiger partial charge in [0.05, 0.1) is 37.2 Å². The molecule has 3 unspecified atom stereocenters. The van der Waals surface area contributed by atoms with E-state index in [1.54, 1.807) is 14.2 Å². The fourth-order valence-corrected chi connectivity index (χ4v) is 5.63. The van der Waals surface area contributed by atoms with Crippen molar-refractivity contribution in [3.63, 3.8) is 0 Å². The number of ether oxygens (including phenoxy) is 4. The van der Waals surface area contributed by atoms with Crippen LogP contribution in [0.4, 0.5) is 5.69 Å². The van der Waals surface area contributed by atoms with Crippen molar-refractivity contribution in [1.29, 1.82) is 0 Å². The summed E-state index contributed by atoms with van der Waals surface area (Å²) in [6.45, 7) is 5.04. The summed E-state index contributed by atoms with van der Waals surface area (Å²) in [5.74, 6) is 1.49. The summed E-state index contributed by atoms with van der Waals surface area (Å²) in [5, 5.41) is 14.2. The molecule has 2 fully saturated rings. The second kappa shape index (κ2) is 11.9. The van der Waals surface area contributed by atoms with Gasteiger partial charge in [-0.05, 0) is 54.0 Å². The predicted octanol–water partition coefficient (Wildman–Crippen LogP) is 3.65. The number of rotatable bonds is 11. The van der Waals surface area contributed by atoms with Crippen LogP contribution in [0.1, 0.15) is 48.0 Å². The van der Waals surface area contributed by atoms with Gasteiger partial charge in [0.2, 0.25) is 0 Å². The lowest BCUT2D eigenvalue weighted by Gasteiger charge is -2.36. The summed E-state index contributed by atoms with van der Waals surface area (Å²) >= 11 is 0. The number of β-amino-alcohol motifs (C(OH)–C–C–N with tert-alkyl or cyclic N) is 1. The summed E-state index contributed by atoms with van der Waals surface area (Å²) in [7, 11) is 3.54. The number of piperidine rings is 1. The van der Waals surface area contributed by atoms with Gasteiger partial charge in [-0.1, -0.05) is 30.3 Å². The monoisotopic (exact) mass is 496 g/mol. The lowest BCUT2D eigenvalue weighted by Crippen LogP contribution is -2.49. The molecular weight excluding hydrogens is 456 g/mol. The highest BCUT2D eigenvalue weighted by Crippen LogP contribution is 2.43. The Kier molecular flexibility index (Phi) is 8.44. The van der Waals surface area contributed by atoms with Crippen LogP contribution in [0, 0.1) is 5.92 Å². The van der Waals surface area contributed by atoms with Crippen molar-refractivity contribution in [2.75, 3.05) is 58.5 Å². The van der Waals surface area contributed by atoms with Crippen LogP contribution in [0.25, 0.3) is 0 Å². The summed E-state index contributed by atoms with van der Waals surface area (Å²) in [4.78, 5) is 2.37. The molecule has 1 aliphatic carbocycles. The normalized spacial score (nSPS) is 24.8. The standard InChI is InChI=1S/C29H40N2O5/c1-33-14-3-12-31-13-15-35-26-11-4-20(16-24(26)31)19-36-27-18-30-17-25(32)28(27)21-5-7-22(8-6-21)29(34-2)23-9-10-23/h4-8,11,16,23,25,27-30,32H,3,9-10,12-15,17-19H2,1-2H3/t25-,27?,28?,29?/m1/s1. The minimum Gasteiger partial charge on any atom is -0.490 e. The van der Waals surface area contributed by atoms with E-state index in [2.05, 4.69) is 46.6 Å². The summed E-state index contributed by atoms with van der Waals surface area (Å²) in [6, 6.07) is 14.9. The van der Waals surface area contributed by atoms with E-state index >= 15 is 0 Å². The summed E-state index contributed by atoms with van der Waals surface area (Å²) in [6.07, 6.45) is 3.02. The van der Waals surface area contributed by atoms with Crippen molar-refractivity contribution in [1.82, 2.24) is 5.32 Å². The Morgan fingerprint density at radius 3 is 2.69 bits per heavy atom. The highest BCUT2D eigenvalue weighted by atomic mass is 16.5. The molecule has 196 valence electrons. The van der Waals surface area contributed by atoms with Crippen molar-refractivity contribution in [3.05, 3.63) is 59.2 Å². The molecule has 0 spiro atoms. The van der Waals surface area contributed by atoms with Crippen molar-refractivity contribution in [2.24, 2.45) is 5.92 Å². The third-order valence-corrected chi connectivity index (χ3v) is 7.69. The van der Waals surface area contributed by atoms with Crippen LogP contribution in [0.15, 0.2) is 42.5 Å². The number of methoxy groups -OCH3 is 2. The zero-order valence-corrected chi connectivity index (χ0v) is 21.5. The first-order valence-corrected chi connectivity index (χ1v) is 13.3. The Morgan fingerprint density at radius 1 is 1.11 bits per heavy atom. The average Bonchev–Trinajstić information content (AvgIpc) is 3.74. The van der Waals surface area contributed by atoms with Crippen LogP contribution in [0.5, 0.6) is 5.75 Å². The molecule has 2 heterocycles. The van der Waals surface area contributed by atoms with Gasteiger partial charge in [-0.15, -0.1) is 0 Å². The van der Waals surface area contributed by atoms with E-state index in [0.717, 1.165) is 48.7 Å². The smallest absolute Gasteiger partial charge is 0.142 e. The first-order valence-electron chi connectivity index (χ1n) is 13.3. The van der Waals surface area contributed by atoms with E-state index in [1.165, 1.54) is 18.4 Å². The Bertz CT molecular complexity index is 980. The second-order valence-corrected chi connectivity index (χ2v) is 10.2. The van der Waals surface area contributed by atoms with Crippen molar-refractivity contribution < 1.29 is 24.1 Å². The molecule has 2 aromatic carbocycles. The van der Waals surface area contributed by atoms with E-state index in [-0.39, 0.29) is 18.1 Å². The fourth-order valence-electron chi connectivity index (χ4n) is 5.63. The lowest BCUT2D eigenvalue weighted by molar-refractivity contribution is -0.0328. The molecule has 1 saturated heterocycles. The molecule has 7 heteroatoms. The maximum absolute atomic E-state index is 10.9. The third kappa shape index (κ3) is 5.87. The van der Waals surface area contributed by atoms with Crippen LogP contribution >= 0.6 is 0 Å². The summed E-state index contributed by atoms with van der Waals surface area (Å²) < 4.78 is 23.3. The molecule has 5 rings (SSSR count). The number of hydrogen-bond donors (Lipinski definition) is 2. The first-order chi connectivity index (χ1) is 17.7. The molecular formula is C29H40N2O5. The quantitative estimate of drug-likeness (QED) is 0.460. The van der Waals surface area contributed by atoms with Crippen molar-refractivity contribution >= 4 is 5.69 Å². The molecule has 0 amide bonds. The van der Waals surface area contributed by atoms with E-state index in [1.807, 2.05) is 6.07 Å². The van der Waals surface area contributed by atoms with Crippen LogP contribution < -0.4 is 15.0 Å². The topological polar surface area (TPSA) is 72.4 Å². The molecule has 4 atom stereocenters. The van der Waals surface area contributed by atoms with Crippen molar-refractivity contribution in [3.8, 4) is 5.75 Å². The van der Waals surface area contributed by atoms with Gasteiger partial charge in [0.15, 0.2) is 0 Å². The number of fused-ring (bicyclic) bond motifs is 1. The third-order valence-electron chi connectivity index (χ3n) is 7.69. The fraction of sp³-hybridized carbons (Fsp3) is 0.586. The average molecular weight is 497 g/mol. The van der Waals surface area contributed by atoms with Crippen LogP contribution in [-0.2, 0) is 20.8 Å². The van der Waals surface area contributed by atoms with Gasteiger partial charge in [-0.25, -0.2) is 0 Å². The number of hydrogen-bond acceptors (Lipinski definition) is 7. The number of anilines is 1. The van der Waals surface area contributed by atoms with Gasteiger partial charge in [0, 0.05) is 46.4 Å². The largest absolute Gasteiger partial charge is 0.490 e. The Balaban J connectivity index is 1.26. The molecule has 0 bridgehead atoms. The molecule has 2 N–H and O–H groups in total. The van der Waals surface area contributed by atoms with E-state index in [9.17, 15) is 5.11 Å². The summed E-state index contributed by atoms with van der Waals surface area (Å²) in [5.41, 5.74) is 4.57. The van der Waals surface area contributed by atoms with Gasteiger partial charge in [-0.3, -0.25) is 0 Å². The lowest BCUT2D eigenvalue weighted by atomic mass is 9.84. The number of aliphatic hydroxyl groups excluding tert-OH is 1. The maximum Gasteiger partial charge on any atom is 0.142 e. The van der Waals surface area contributed by atoms with Crippen LogP contribution in [0.3, 0.4) is 0 Å². The predicted molar refractivity (Wildman–Crippen MR) is 140 cm³/mol. The Labute approximate surface area is 214 Å². The number of nitrogens with one attached hydrogen (secondary N) is 1. The van der Waals surface area contributed by atoms with Gasteiger partial charge in [0.1, 0.15) is 12.4 Å². The SMILES string of the molecule is COCCCN1CCOc2ccc(COC3CNC[C@@H](O)C3c3ccc(C(OC)C4CC4)cc3)cc21. The highest BCUT2D eigenvalue weighted by Gasteiger charge is 2.35. The molecule has 0 radical (unpaired) electrons. The molecule has 2 aliphatic heterocycles. The molecule has 2 aromatic rings. The van der Waals surface area contributed by atoms with Crippen molar-refractivity contribution in [2.45, 2.75) is 50.1 Å². The zero-order valence-electron chi connectivity index (χ0n) is 21.5. The van der Waals surface area contributed by atoms with Crippen LogP contribution in [-0.4, -0.2) is 70.9 Å². The molecule has 1 saturated carbocycles. The maximum atomic E-state index is 10.9. The van der Waals surface area contributed by atoms with Gasteiger partial charge in [-0.2, -0.15) is 0 Å². The number of aliphatic hydroxyl groups is 1. The Morgan fingerprint density at radius 2 is 1.94 bits per heavy atom. The minimum atomic E-state index is -0.496. The van der Waals surface area contributed by atoms with E-state index < -0.39 is 6.10 Å². The number of benzene rings is 2. The molecule has 3 aliphatic rings. The molecule has 7 nitrogen and oxygen atoms in total. The Hall–Kier alpha value is -2.16. The highest BCUT2D eigenvalue weighted by molar-refractivity contribution is 5.61. The number of nitrogens with zero attached hydrogens (tertiary/aromatic N) is 1. The van der Waals surface area contributed by atoms with E-state index in [0.29, 0.717) is 32.2 Å². The van der Waals surface area contributed by atoms with E-state index in [4.69, 9.17) is 18.9 Å².